The molecule has 0 aliphatic rings. The first-order valence-corrected chi connectivity index (χ1v) is 4.60. The van der Waals surface area contributed by atoms with Crippen molar-refractivity contribution in [3.05, 3.63) is 23.8 Å². The highest BCUT2D eigenvalue weighted by Gasteiger charge is 2.12. The number of hydrogen-bond donors (Lipinski definition) is 1. The van der Waals surface area contributed by atoms with Crippen LogP contribution < -0.4 is 4.74 Å². The highest BCUT2D eigenvalue weighted by atomic mass is 16.5. The third kappa shape index (κ3) is 2.05. The molecule has 1 atom stereocenters. The number of aldehydes is 1. The first kappa shape index (κ1) is 10.6. The standard InChI is InChI=1S/C11H14O3/c1-3-14-10-6-4-5-9(11(10)13)8(2)7-12/h4-8,13H,3H2,1-2H3. The number of aromatic hydroxyl groups is 1. The van der Waals surface area contributed by atoms with E-state index >= 15 is 0 Å². The van der Waals surface area contributed by atoms with Gasteiger partial charge < -0.3 is 14.6 Å². The van der Waals surface area contributed by atoms with Crippen molar-refractivity contribution in [1.29, 1.82) is 0 Å². The molecule has 0 aromatic heterocycles. The molecule has 1 N–H and O–H groups in total. The molecule has 0 radical (unpaired) electrons. The van der Waals surface area contributed by atoms with Crippen molar-refractivity contribution in [2.75, 3.05) is 6.61 Å². The van der Waals surface area contributed by atoms with Crippen LogP contribution in [0.2, 0.25) is 0 Å². The lowest BCUT2D eigenvalue weighted by atomic mass is 10.0. The van der Waals surface area contributed by atoms with Crippen molar-refractivity contribution in [2.45, 2.75) is 19.8 Å². The maximum absolute atomic E-state index is 10.6. The molecule has 0 saturated carbocycles. The number of phenolic OH excluding ortho intramolecular Hbond substituents is 1. The van der Waals surface area contributed by atoms with Gasteiger partial charge in [-0.05, 0) is 13.0 Å². The smallest absolute Gasteiger partial charge is 0.161 e. The summed E-state index contributed by atoms with van der Waals surface area (Å²) in [4.78, 5) is 10.6. The molecule has 0 fully saturated rings. The summed E-state index contributed by atoms with van der Waals surface area (Å²) in [7, 11) is 0. The number of hydrogen-bond acceptors (Lipinski definition) is 3. The minimum atomic E-state index is -0.310. The Kier molecular flexibility index (Phi) is 3.51. The first-order valence-electron chi connectivity index (χ1n) is 4.60. The number of para-hydroxylation sites is 1. The zero-order valence-electron chi connectivity index (χ0n) is 8.36. The normalized spacial score (nSPS) is 12.1. The molecule has 1 aromatic rings. The molecular weight excluding hydrogens is 180 g/mol. The van der Waals surface area contributed by atoms with E-state index < -0.39 is 0 Å². The number of rotatable bonds is 4. The SMILES string of the molecule is CCOc1cccc(C(C)C=O)c1O. The summed E-state index contributed by atoms with van der Waals surface area (Å²) in [5.41, 5.74) is 0.603. The molecule has 3 heteroatoms. The second-order valence-electron chi connectivity index (χ2n) is 3.05. The fourth-order valence-corrected chi connectivity index (χ4v) is 1.25. The maximum Gasteiger partial charge on any atom is 0.161 e. The van der Waals surface area contributed by atoms with Crippen LogP contribution in [0.1, 0.15) is 25.3 Å². The Morgan fingerprint density at radius 2 is 2.29 bits per heavy atom. The van der Waals surface area contributed by atoms with Crippen LogP contribution >= 0.6 is 0 Å². The van der Waals surface area contributed by atoms with Gasteiger partial charge in [-0.15, -0.1) is 0 Å². The van der Waals surface area contributed by atoms with Crippen LogP contribution in [0.3, 0.4) is 0 Å². The average Bonchev–Trinajstić information content (AvgIpc) is 2.20. The van der Waals surface area contributed by atoms with Crippen molar-refractivity contribution >= 4 is 6.29 Å². The second-order valence-corrected chi connectivity index (χ2v) is 3.05. The van der Waals surface area contributed by atoms with Crippen molar-refractivity contribution in [3.63, 3.8) is 0 Å². The second kappa shape index (κ2) is 4.65. The van der Waals surface area contributed by atoms with Crippen molar-refractivity contribution < 1.29 is 14.6 Å². The summed E-state index contributed by atoms with van der Waals surface area (Å²) >= 11 is 0. The van der Waals surface area contributed by atoms with E-state index in [9.17, 15) is 9.90 Å². The molecule has 0 saturated heterocycles. The summed E-state index contributed by atoms with van der Waals surface area (Å²) in [6, 6.07) is 5.16. The van der Waals surface area contributed by atoms with E-state index in [0.29, 0.717) is 17.9 Å². The Hall–Kier alpha value is -1.51. The Balaban J connectivity index is 3.06. The van der Waals surface area contributed by atoms with E-state index in [-0.39, 0.29) is 11.7 Å². The van der Waals surface area contributed by atoms with E-state index in [1.54, 1.807) is 25.1 Å². The molecule has 1 aromatic carbocycles. The number of carbonyl (C=O) groups excluding carboxylic acids is 1. The molecule has 1 unspecified atom stereocenters. The predicted molar refractivity (Wildman–Crippen MR) is 53.8 cm³/mol. The van der Waals surface area contributed by atoms with Gasteiger partial charge >= 0.3 is 0 Å². The van der Waals surface area contributed by atoms with E-state index in [2.05, 4.69) is 0 Å². The van der Waals surface area contributed by atoms with E-state index in [4.69, 9.17) is 4.74 Å². The van der Waals surface area contributed by atoms with Gasteiger partial charge in [0, 0.05) is 11.5 Å². The fourth-order valence-electron chi connectivity index (χ4n) is 1.25. The molecular formula is C11H14O3. The van der Waals surface area contributed by atoms with Gasteiger partial charge in [-0.25, -0.2) is 0 Å². The van der Waals surface area contributed by atoms with Gasteiger partial charge in [0.05, 0.1) is 6.61 Å². The third-order valence-electron chi connectivity index (χ3n) is 2.02. The Morgan fingerprint density at radius 3 is 2.86 bits per heavy atom. The average molecular weight is 194 g/mol. The van der Waals surface area contributed by atoms with Crippen LogP contribution in [0.5, 0.6) is 11.5 Å². The van der Waals surface area contributed by atoms with Crippen LogP contribution in [-0.4, -0.2) is 18.0 Å². The number of ether oxygens (including phenoxy) is 1. The molecule has 3 nitrogen and oxygen atoms in total. The fraction of sp³-hybridized carbons (Fsp3) is 0.364. The van der Waals surface area contributed by atoms with Crippen LogP contribution in [0, 0.1) is 0 Å². The van der Waals surface area contributed by atoms with Gasteiger partial charge in [-0.3, -0.25) is 0 Å². The minimum Gasteiger partial charge on any atom is -0.504 e. The Labute approximate surface area is 83.3 Å². The lowest BCUT2D eigenvalue weighted by Crippen LogP contribution is -1.98. The quantitative estimate of drug-likeness (QED) is 0.746. The molecule has 0 heterocycles. The van der Waals surface area contributed by atoms with Crippen LogP contribution in [0.15, 0.2) is 18.2 Å². The zero-order chi connectivity index (χ0) is 10.6. The van der Waals surface area contributed by atoms with E-state index in [1.807, 2.05) is 6.92 Å². The largest absolute Gasteiger partial charge is 0.504 e. The lowest BCUT2D eigenvalue weighted by molar-refractivity contribution is -0.108. The van der Waals surface area contributed by atoms with Crippen molar-refractivity contribution in [1.82, 2.24) is 0 Å². The van der Waals surface area contributed by atoms with Crippen LogP contribution in [-0.2, 0) is 4.79 Å². The highest BCUT2D eigenvalue weighted by Crippen LogP contribution is 2.33. The number of phenols is 1. The summed E-state index contributed by atoms with van der Waals surface area (Å²) in [6.45, 7) is 4.07. The molecule has 1 rings (SSSR count). The predicted octanol–water partition coefficient (Wildman–Crippen LogP) is 2.09. The molecule has 0 aliphatic heterocycles. The van der Waals surface area contributed by atoms with Crippen LogP contribution in [0.4, 0.5) is 0 Å². The molecule has 76 valence electrons. The van der Waals surface area contributed by atoms with Gasteiger partial charge in [-0.2, -0.15) is 0 Å². The summed E-state index contributed by atoms with van der Waals surface area (Å²) in [5, 5.41) is 9.74. The molecule has 0 amide bonds. The monoisotopic (exact) mass is 194 g/mol. The van der Waals surface area contributed by atoms with E-state index in [1.165, 1.54) is 0 Å². The van der Waals surface area contributed by atoms with Gasteiger partial charge in [0.1, 0.15) is 6.29 Å². The summed E-state index contributed by atoms with van der Waals surface area (Å²) in [5.74, 6) is 0.183. The molecule has 0 spiro atoms. The number of benzene rings is 1. The first-order chi connectivity index (χ1) is 6.70. The van der Waals surface area contributed by atoms with Gasteiger partial charge in [-0.1, -0.05) is 19.1 Å². The number of carbonyl (C=O) groups is 1. The van der Waals surface area contributed by atoms with Crippen molar-refractivity contribution in [3.8, 4) is 11.5 Å². The highest BCUT2D eigenvalue weighted by molar-refractivity contribution is 5.65. The Bertz CT molecular complexity index is 320. The van der Waals surface area contributed by atoms with Gasteiger partial charge in [0.2, 0.25) is 0 Å². The molecule has 14 heavy (non-hydrogen) atoms. The Morgan fingerprint density at radius 1 is 1.57 bits per heavy atom. The summed E-state index contributed by atoms with van der Waals surface area (Å²) < 4.78 is 5.21. The zero-order valence-corrected chi connectivity index (χ0v) is 8.36. The minimum absolute atomic E-state index is 0.0638. The third-order valence-corrected chi connectivity index (χ3v) is 2.02. The lowest BCUT2D eigenvalue weighted by Gasteiger charge is -2.11. The van der Waals surface area contributed by atoms with Gasteiger partial charge in [0.15, 0.2) is 11.5 Å². The molecule has 0 bridgehead atoms. The van der Waals surface area contributed by atoms with E-state index in [0.717, 1.165) is 6.29 Å². The van der Waals surface area contributed by atoms with Crippen LogP contribution in [0.25, 0.3) is 0 Å². The maximum atomic E-state index is 10.6. The molecule has 0 aliphatic carbocycles. The topological polar surface area (TPSA) is 46.5 Å². The van der Waals surface area contributed by atoms with Gasteiger partial charge in [0.25, 0.3) is 0 Å². The van der Waals surface area contributed by atoms with Crippen molar-refractivity contribution in [2.24, 2.45) is 0 Å². The summed E-state index contributed by atoms with van der Waals surface area (Å²) in [6.07, 6.45) is 0.796.